The maximum absolute atomic E-state index is 11.5. The highest BCUT2D eigenvalue weighted by Crippen LogP contribution is 2.77. The summed E-state index contributed by atoms with van der Waals surface area (Å²) in [6.07, 6.45) is 2.79. The van der Waals surface area contributed by atoms with Gasteiger partial charge in [-0.1, -0.05) is 7.43 Å². The Bertz CT molecular complexity index is 814. The number of piperidine rings is 2. The minimum absolute atomic E-state index is 0. The zero-order valence-electron chi connectivity index (χ0n) is 19.4. The largest absolute Gasteiger partial charge is 0.343 e. The quantitative estimate of drug-likeness (QED) is 0.192. The molecule has 37 heavy (non-hydrogen) atoms. The molecule has 2 aliphatic carbocycles. The molecule has 0 aromatic rings. The second-order valence-corrected chi connectivity index (χ2v) is 18.4. The van der Waals surface area contributed by atoms with Crippen LogP contribution in [0.1, 0.15) is 58.8 Å². The molecule has 20 heteroatoms. The summed E-state index contributed by atoms with van der Waals surface area (Å²) in [4.78, 5) is 70.4. The summed E-state index contributed by atoms with van der Waals surface area (Å²) < 4.78 is 46.1. The number of rotatable bonds is 4. The maximum atomic E-state index is 11.5. The van der Waals surface area contributed by atoms with Gasteiger partial charge < -0.3 is 49.8 Å². The normalized spacial score (nSPS) is 30.7. The van der Waals surface area contributed by atoms with Gasteiger partial charge in [0.05, 0.1) is 0 Å². The van der Waals surface area contributed by atoms with E-state index < -0.39 is 40.2 Å². The Labute approximate surface area is 230 Å². The van der Waals surface area contributed by atoms with Gasteiger partial charge in [-0.15, -0.1) is 0 Å². The van der Waals surface area contributed by atoms with E-state index in [0.717, 1.165) is 38.8 Å². The van der Waals surface area contributed by atoms with Crippen molar-refractivity contribution in [3.63, 3.8) is 0 Å². The van der Waals surface area contributed by atoms with Gasteiger partial charge in [-0.25, -0.2) is 0 Å². The van der Waals surface area contributed by atoms with E-state index in [2.05, 4.69) is 10.6 Å². The van der Waals surface area contributed by atoms with Crippen LogP contribution in [-0.4, -0.2) is 74.1 Å². The standard InChI is InChI=1S/2C8H17NO6P2.CH4.2H2S/c2*10-16(11,12)8(17(13,14)15)4-6-2-1-3-9-7(6)5-8;;;/h2*6-7,9H,1-5H2,(H2,10,11,12)(H2,13,14,15);1H4;2*1H2/t2*6-,7+;;;/m10.../s1. The minimum atomic E-state index is -4.84. The first-order valence-electron chi connectivity index (χ1n) is 11.0. The molecule has 0 aromatic carbocycles. The lowest BCUT2D eigenvalue weighted by atomic mass is 9.94. The Hall–Kier alpha value is 1.22. The molecule has 4 rings (SSSR count). The predicted molar refractivity (Wildman–Crippen MR) is 149 cm³/mol. The number of hydrogen-bond donors (Lipinski definition) is 10. The van der Waals surface area contributed by atoms with Crippen LogP contribution in [0.2, 0.25) is 0 Å². The molecule has 0 aromatic heterocycles. The highest BCUT2D eigenvalue weighted by Gasteiger charge is 2.66. The van der Waals surface area contributed by atoms with Crippen molar-refractivity contribution < 1.29 is 57.4 Å². The van der Waals surface area contributed by atoms with Crippen LogP contribution in [0.5, 0.6) is 0 Å². The van der Waals surface area contributed by atoms with Crippen molar-refractivity contribution in [3.8, 4) is 0 Å². The Morgan fingerprint density at radius 2 is 0.811 bits per heavy atom. The average Bonchev–Trinajstić information content (AvgIpc) is 3.27. The minimum Gasteiger partial charge on any atom is -0.324 e. The third kappa shape index (κ3) is 7.36. The second kappa shape index (κ2) is 13.0. The smallest absolute Gasteiger partial charge is 0.324 e. The van der Waals surface area contributed by atoms with E-state index in [1.807, 2.05) is 0 Å². The second-order valence-electron chi connectivity index (χ2n) is 9.88. The van der Waals surface area contributed by atoms with Crippen molar-refractivity contribution in [2.24, 2.45) is 11.8 Å². The van der Waals surface area contributed by atoms with Crippen molar-refractivity contribution in [2.75, 3.05) is 13.1 Å². The summed E-state index contributed by atoms with van der Waals surface area (Å²) in [5.74, 6) is -0.104. The summed E-state index contributed by atoms with van der Waals surface area (Å²) in [6, 6.07) is -0.381. The Morgan fingerprint density at radius 3 is 1.03 bits per heavy atom. The van der Waals surface area contributed by atoms with Crippen molar-refractivity contribution in [1.29, 1.82) is 0 Å². The van der Waals surface area contributed by atoms with Gasteiger partial charge in [-0.2, -0.15) is 27.0 Å². The Balaban J connectivity index is 0.000000648. The van der Waals surface area contributed by atoms with Crippen LogP contribution in [0, 0.1) is 11.8 Å². The molecule has 10 N–H and O–H groups in total. The molecule has 14 nitrogen and oxygen atoms in total. The lowest BCUT2D eigenvalue weighted by molar-refractivity contribution is 0.300. The van der Waals surface area contributed by atoms with Gasteiger partial charge in [0.2, 0.25) is 0 Å². The van der Waals surface area contributed by atoms with E-state index in [-0.39, 0.29) is 84.0 Å². The topological polar surface area (TPSA) is 254 Å². The van der Waals surface area contributed by atoms with Gasteiger partial charge in [0, 0.05) is 12.1 Å². The number of nitrogens with one attached hydrogen (secondary N) is 2. The van der Waals surface area contributed by atoms with Gasteiger partial charge in [0.15, 0.2) is 9.79 Å². The summed E-state index contributed by atoms with van der Waals surface area (Å²) in [5.41, 5.74) is 0. The molecule has 2 saturated heterocycles. The fourth-order valence-electron chi connectivity index (χ4n) is 6.01. The zero-order valence-corrected chi connectivity index (χ0v) is 25.0. The molecule has 0 radical (unpaired) electrons. The molecule has 0 bridgehead atoms. The third-order valence-electron chi connectivity index (χ3n) is 7.90. The molecule has 0 unspecified atom stereocenters. The van der Waals surface area contributed by atoms with E-state index in [0.29, 0.717) is 0 Å². The van der Waals surface area contributed by atoms with Crippen LogP contribution in [-0.2, 0) is 18.3 Å². The van der Waals surface area contributed by atoms with Crippen LogP contribution in [0.3, 0.4) is 0 Å². The van der Waals surface area contributed by atoms with Gasteiger partial charge >= 0.3 is 30.4 Å². The molecular weight excluding hydrogens is 612 g/mol. The fourth-order valence-corrected chi connectivity index (χ4v) is 12.3. The first-order valence-corrected chi connectivity index (χ1v) is 17.5. The van der Waals surface area contributed by atoms with Crippen molar-refractivity contribution in [2.45, 2.75) is 80.7 Å². The van der Waals surface area contributed by atoms with E-state index in [9.17, 15) is 57.4 Å². The zero-order chi connectivity index (χ0) is 25.8. The van der Waals surface area contributed by atoms with Crippen LogP contribution < -0.4 is 10.6 Å². The summed E-state index contributed by atoms with van der Waals surface area (Å²) >= 11 is 0. The SMILES string of the molecule is C.O=P(O)(O)C1(P(=O)(O)O)C[C@@H]2CCCN[C@@H]2C1.O=P(O)(O)C1(P(=O)(O)O)C[C@H]2CCCN[C@H]2C1.S.S. The molecule has 4 fully saturated rings. The molecule has 2 aliphatic heterocycles. The monoisotopic (exact) mass is 654 g/mol. The molecule has 2 saturated carbocycles. The van der Waals surface area contributed by atoms with Crippen LogP contribution in [0.4, 0.5) is 0 Å². The molecule has 0 amide bonds. The predicted octanol–water partition coefficient (Wildman–Crippen LogP) is 1.26. The lowest BCUT2D eigenvalue weighted by Gasteiger charge is -2.30. The molecule has 224 valence electrons. The van der Waals surface area contributed by atoms with E-state index in [1.54, 1.807) is 0 Å². The molecule has 0 spiro atoms. The summed E-state index contributed by atoms with van der Waals surface area (Å²) in [6.45, 7) is 1.47. The Morgan fingerprint density at radius 1 is 0.541 bits per heavy atom. The highest BCUT2D eigenvalue weighted by atomic mass is 32.1. The molecule has 4 atom stereocenters. The first kappa shape index (κ1) is 38.2. The molecule has 2 heterocycles. The molecule has 4 aliphatic rings. The summed E-state index contributed by atoms with van der Waals surface area (Å²) in [7, 11) is -19.4. The van der Waals surface area contributed by atoms with E-state index >= 15 is 0 Å². The van der Waals surface area contributed by atoms with Crippen LogP contribution in [0.25, 0.3) is 0 Å². The molecular formula is C17H42N2O12P4S2. The van der Waals surface area contributed by atoms with Crippen LogP contribution >= 0.6 is 57.4 Å². The van der Waals surface area contributed by atoms with E-state index in [1.165, 1.54) is 0 Å². The van der Waals surface area contributed by atoms with Crippen LogP contribution in [0.15, 0.2) is 0 Å². The lowest BCUT2D eigenvalue weighted by Crippen LogP contribution is -2.38. The van der Waals surface area contributed by atoms with Crippen molar-refractivity contribution >= 4 is 57.4 Å². The van der Waals surface area contributed by atoms with Crippen molar-refractivity contribution in [1.82, 2.24) is 10.6 Å². The van der Waals surface area contributed by atoms with Gasteiger partial charge in [0.1, 0.15) is 0 Å². The summed E-state index contributed by atoms with van der Waals surface area (Å²) in [5, 5.41) is 6.19. The average molecular weight is 655 g/mol. The van der Waals surface area contributed by atoms with Gasteiger partial charge in [-0.3, -0.25) is 18.3 Å². The highest BCUT2D eigenvalue weighted by molar-refractivity contribution is 7.73. The maximum Gasteiger partial charge on any atom is 0.343 e. The fraction of sp³-hybridized carbons (Fsp3) is 1.00. The Kier molecular flexibility index (Phi) is 13.5. The first-order chi connectivity index (χ1) is 15.3. The number of fused-ring (bicyclic) bond motifs is 2. The third-order valence-corrected chi connectivity index (χ3v) is 16.8. The van der Waals surface area contributed by atoms with E-state index in [4.69, 9.17) is 0 Å². The van der Waals surface area contributed by atoms with Crippen molar-refractivity contribution in [3.05, 3.63) is 0 Å². The van der Waals surface area contributed by atoms with Gasteiger partial charge in [0.25, 0.3) is 0 Å². The van der Waals surface area contributed by atoms with Gasteiger partial charge in [-0.05, 0) is 76.3 Å². The number of hydrogen-bond acceptors (Lipinski definition) is 6.